The smallest absolute Gasteiger partial charge is 0.307 e. The zero-order chi connectivity index (χ0) is 23.0. The number of sulfonamides is 1. The fraction of sp³-hybridized carbons (Fsp3) is 0.263. The second-order valence-electron chi connectivity index (χ2n) is 5.97. The van der Waals surface area contributed by atoms with Crippen LogP contribution in [0.25, 0.3) is 0 Å². The van der Waals surface area contributed by atoms with Crippen LogP contribution >= 0.6 is 23.2 Å². The van der Waals surface area contributed by atoms with Gasteiger partial charge in [0.25, 0.3) is 5.91 Å². The number of amides is 1. The molecule has 31 heavy (non-hydrogen) atoms. The van der Waals surface area contributed by atoms with E-state index in [9.17, 15) is 18.0 Å². The Labute approximate surface area is 189 Å². The number of carbonyl (C=O) groups excluding carboxylic acids is 2. The van der Waals surface area contributed by atoms with Gasteiger partial charge in [0.05, 0.1) is 36.4 Å². The Hall–Kier alpha value is -2.53. The highest BCUT2D eigenvalue weighted by atomic mass is 35.5. The fourth-order valence-electron chi connectivity index (χ4n) is 2.42. The van der Waals surface area contributed by atoms with Gasteiger partial charge in [-0.1, -0.05) is 29.3 Å². The molecule has 2 N–H and O–H groups in total. The number of esters is 1. The molecule has 2 aromatic rings. The number of ether oxygens (including phenoxy) is 3. The molecule has 0 fully saturated rings. The van der Waals surface area contributed by atoms with Gasteiger partial charge >= 0.3 is 5.97 Å². The van der Waals surface area contributed by atoms with Crippen molar-refractivity contribution in [1.82, 2.24) is 4.72 Å². The normalized spacial score (nSPS) is 11.0. The summed E-state index contributed by atoms with van der Waals surface area (Å²) < 4.78 is 42.0. The molecule has 0 atom stereocenters. The maximum absolute atomic E-state index is 12.3. The summed E-state index contributed by atoms with van der Waals surface area (Å²) in [6.45, 7) is -0.837. The van der Waals surface area contributed by atoms with Gasteiger partial charge in [-0.15, -0.1) is 0 Å². The topological polar surface area (TPSA) is 120 Å². The van der Waals surface area contributed by atoms with Crippen molar-refractivity contribution in [2.45, 2.75) is 11.3 Å². The minimum Gasteiger partial charge on any atom is -0.497 e. The number of rotatable bonds is 10. The lowest BCUT2D eigenvalue weighted by atomic mass is 10.2. The molecule has 1 amide bonds. The van der Waals surface area contributed by atoms with E-state index < -0.39 is 28.5 Å². The van der Waals surface area contributed by atoms with Crippen molar-refractivity contribution in [3.8, 4) is 11.5 Å². The van der Waals surface area contributed by atoms with Gasteiger partial charge in [0.2, 0.25) is 10.0 Å². The second-order valence-corrected chi connectivity index (χ2v) is 8.49. The highest BCUT2D eigenvalue weighted by Gasteiger charge is 2.21. The van der Waals surface area contributed by atoms with E-state index in [1.165, 1.54) is 32.4 Å². The van der Waals surface area contributed by atoms with Crippen LogP contribution in [0.15, 0.2) is 41.3 Å². The molecule has 0 bridgehead atoms. The molecule has 0 aliphatic carbocycles. The van der Waals surface area contributed by atoms with Crippen molar-refractivity contribution in [3.05, 3.63) is 46.4 Å². The lowest BCUT2D eigenvalue weighted by Gasteiger charge is -2.12. The third-order valence-corrected chi connectivity index (χ3v) is 6.27. The van der Waals surface area contributed by atoms with Gasteiger partial charge in [0.1, 0.15) is 16.4 Å². The summed E-state index contributed by atoms with van der Waals surface area (Å²) in [5.41, 5.74) is 0.340. The highest BCUT2D eigenvalue weighted by molar-refractivity contribution is 7.89. The van der Waals surface area contributed by atoms with Crippen LogP contribution in [0.3, 0.4) is 0 Å². The number of hydrogen-bond acceptors (Lipinski definition) is 7. The quantitative estimate of drug-likeness (QED) is 0.491. The van der Waals surface area contributed by atoms with Crippen molar-refractivity contribution in [1.29, 1.82) is 0 Å². The molecule has 0 spiro atoms. The van der Waals surface area contributed by atoms with Gasteiger partial charge in [0.15, 0.2) is 6.61 Å². The number of methoxy groups -OCH3 is 2. The maximum Gasteiger partial charge on any atom is 0.307 e. The van der Waals surface area contributed by atoms with Crippen LogP contribution in [-0.2, 0) is 24.3 Å². The van der Waals surface area contributed by atoms with Crippen LogP contribution in [0.5, 0.6) is 11.5 Å². The van der Waals surface area contributed by atoms with E-state index in [0.717, 1.165) is 0 Å². The molecule has 168 valence electrons. The minimum atomic E-state index is -4.03. The lowest BCUT2D eigenvalue weighted by Crippen LogP contribution is -2.28. The van der Waals surface area contributed by atoms with Crippen LogP contribution in [0, 0.1) is 0 Å². The molecule has 0 heterocycles. The average Bonchev–Trinajstić information content (AvgIpc) is 2.71. The Kier molecular flexibility index (Phi) is 8.93. The van der Waals surface area contributed by atoms with E-state index in [4.69, 9.17) is 37.4 Å². The van der Waals surface area contributed by atoms with Gasteiger partial charge < -0.3 is 19.5 Å². The predicted molar refractivity (Wildman–Crippen MR) is 115 cm³/mol. The fourth-order valence-corrected chi connectivity index (χ4v) is 4.59. The molecule has 0 aliphatic rings. The van der Waals surface area contributed by atoms with Crippen molar-refractivity contribution in [2.24, 2.45) is 0 Å². The van der Waals surface area contributed by atoms with E-state index in [-0.39, 0.29) is 27.9 Å². The molecular weight excluding hydrogens is 471 g/mol. The summed E-state index contributed by atoms with van der Waals surface area (Å²) in [4.78, 5) is 23.6. The number of nitrogens with one attached hydrogen (secondary N) is 2. The Morgan fingerprint density at radius 2 is 1.71 bits per heavy atom. The number of hydrogen-bond donors (Lipinski definition) is 2. The van der Waals surface area contributed by atoms with Gasteiger partial charge in [-0.3, -0.25) is 9.59 Å². The molecule has 0 radical (unpaired) electrons. The largest absolute Gasteiger partial charge is 0.497 e. The standard InChI is InChI=1S/C19H20Cl2N2O7S/c1-28-12-6-7-16(29-2)15(10-12)23-17(24)11-30-18(25)8-9-22-31(26,27)19-13(20)4-3-5-14(19)21/h3-7,10,22H,8-9,11H2,1-2H3,(H,23,24). The first kappa shape index (κ1) is 24.7. The molecule has 2 rings (SSSR count). The summed E-state index contributed by atoms with van der Waals surface area (Å²) in [6.07, 6.45) is -0.308. The molecule has 0 aliphatic heterocycles. The molecule has 9 nitrogen and oxygen atoms in total. The first-order valence-corrected chi connectivity index (χ1v) is 11.0. The van der Waals surface area contributed by atoms with Gasteiger partial charge in [-0.25, -0.2) is 13.1 Å². The Morgan fingerprint density at radius 3 is 2.32 bits per heavy atom. The molecule has 0 unspecified atom stereocenters. The molecule has 0 saturated carbocycles. The first-order chi connectivity index (χ1) is 14.7. The number of halogens is 2. The monoisotopic (exact) mass is 490 g/mol. The summed E-state index contributed by atoms with van der Waals surface area (Å²) in [7, 11) is -1.12. The summed E-state index contributed by atoms with van der Waals surface area (Å²) in [5, 5.41) is 2.45. The summed E-state index contributed by atoms with van der Waals surface area (Å²) >= 11 is 11.8. The number of carbonyl (C=O) groups is 2. The summed E-state index contributed by atoms with van der Waals surface area (Å²) in [6, 6.07) is 9.09. The highest BCUT2D eigenvalue weighted by Crippen LogP contribution is 2.29. The van der Waals surface area contributed by atoms with E-state index in [0.29, 0.717) is 17.2 Å². The van der Waals surface area contributed by atoms with E-state index in [1.54, 1.807) is 18.2 Å². The second kappa shape index (κ2) is 11.2. The van der Waals surface area contributed by atoms with Crippen LogP contribution < -0.4 is 19.5 Å². The molecule has 2 aromatic carbocycles. The molecule has 12 heteroatoms. The molecule has 0 saturated heterocycles. The Morgan fingerprint density at radius 1 is 1.03 bits per heavy atom. The predicted octanol–water partition coefficient (Wildman–Crippen LogP) is 2.86. The third kappa shape index (κ3) is 7.00. The van der Waals surface area contributed by atoms with Crippen molar-refractivity contribution in [3.63, 3.8) is 0 Å². The zero-order valence-corrected chi connectivity index (χ0v) is 18.9. The van der Waals surface area contributed by atoms with E-state index in [2.05, 4.69) is 10.0 Å². The van der Waals surface area contributed by atoms with Crippen molar-refractivity contribution >= 4 is 50.8 Å². The molecule has 0 aromatic heterocycles. The Bertz CT molecular complexity index is 1040. The first-order valence-electron chi connectivity index (χ1n) is 8.79. The van der Waals surface area contributed by atoms with Gasteiger partial charge in [-0.05, 0) is 24.3 Å². The molecular formula is C19H20Cl2N2O7S. The van der Waals surface area contributed by atoms with E-state index in [1.807, 2.05) is 0 Å². The van der Waals surface area contributed by atoms with Crippen LogP contribution in [0.4, 0.5) is 5.69 Å². The number of anilines is 1. The third-order valence-electron chi connectivity index (χ3n) is 3.85. The minimum absolute atomic E-state index is 0.0489. The SMILES string of the molecule is COc1ccc(OC)c(NC(=O)COC(=O)CCNS(=O)(=O)c2c(Cl)cccc2Cl)c1. The maximum atomic E-state index is 12.3. The lowest BCUT2D eigenvalue weighted by molar-refractivity contribution is -0.147. The van der Waals surface area contributed by atoms with E-state index >= 15 is 0 Å². The van der Waals surface area contributed by atoms with Crippen LogP contribution in [0.1, 0.15) is 6.42 Å². The zero-order valence-electron chi connectivity index (χ0n) is 16.6. The van der Waals surface area contributed by atoms with Crippen LogP contribution in [-0.4, -0.2) is 47.7 Å². The van der Waals surface area contributed by atoms with Crippen LogP contribution in [0.2, 0.25) is 10.0 Å². The van der Waals surface area contributed by atoms with Gasteiger partial charge in [-0.2, -0.15) is 0 Å². The van der Waals surface area contributed by atoms with Crippen molar-refractivity contribution in [2.75, 3.05) is 32.7 Å². The number of benzene rings is 2. The summed E-state index contributed by atoms with van der Waals surface area (Å²) in [5.74, 6) is -0.490. The average molecular weight is 491 g/mol. The Balaban J connectivity index is 1.84. The van der Waals surface area contributed by atoms with Crippen molar-refractivity contribution < 1.29 is 32.2 Å². The van der Waals surface area contributed by atoms with Gasteiger partial charge in [0, 0.05) is 12.6 Å².